The van der Waals surface area contributed by atoms with Crippen molar-refractivity contribution >= 4 is 35.8 Å². The lowest BCUT2D eigenvalue weighted by Gasteiger charge is -2.26. The van der Waals surface area contributed by atoms with Gasteiger partial charge in [0.25, 0.3) is 5.91 Å². The predicted octanol–water partition coefficient (Wildman–Crippen LogP) is 3.23. The van der Waals surface area contributed by atoms with Crippen molar-refractivity contribution in [1.29, 1.82) is 0 Å². The van der Waals surface area contributed by atoms with Gasteiger partial charge in [0.05, 0.1) is 25.2 Å². The molecule has 0 saturated heterocycles. The SMILES string of the molecule is COc1ccc(C2Sc3ccccc3N(CCN(C)C)C(=O)C2O)cc1OC.Cl. The summed E-state index contributed by atoms with van der Waals surface area (Å²) < 4.78 is 10.7. The molecular formula is C21H27ClN2O4S. The molecule has 158 valence electrons. The van der Waals surface area contributed by atoms with Crippen molar-refractivity contribution in [2.75, 3.05) is 46.3 Å². The third-order valence-corrected chi connectivity index (χ3v) is 6.11. The van der Waals surface area contributed by atoms with Gasteiger partial charge in [-0.05, 0) is 43.9 Å². The van der Waals surface area contributed by atoms with Crippen LogP contribution in [0.2, 0.25) is 0 Å². The summed E-state index contributed by atoms with van der Waals surface area (Å²) >= 11 is 1.49. The van der Waals surface area contributed by atoms with Gasteiger partial charge in [-0.1, -0.05) is 18.2 Å². The first kappa shape index (κ1) is 23.3. The zero-order valence-electron chi connectivity index (χ0n) is 17.0. The van der Waals surface area contributed by atoms with E-state index in [9.17, 15) is 9.90 Å². The fourth-order valence-corrected chi connectivity index (χ4v) is 4.46. The van der Waals surface area contributed by atoms with Crippen molar-refractivity contribution < 1.29 is 19.4 Å². The summed E-state index contributed by atoms with van der Waals surface area (Å²) in [6, 6.07) is 13.3. The molecule has 2 aromatic rings. The molecule has 1 aliphatic rings. The molecule has 1 N–H and O–H groups in total. The number of halogens is 1. The lowest BCUT2D eigenvalue weighted by atomic mass is 10.1. The van der Waals surface area contributed by atoms with E-state index in [0.717, 1.165) is 16.1 Å². The van der Waals surface area contributed by atoms with Gasteiger partial charge in [-0.15, -0.1) is 24.2 Å². The lowest BCUT2D eigenvalue weighted by molar-refractivity contribution is -0.126. The van der Waals surface area contributed by atoms with Crippen LogP contribution in [0.25, 0.3) is 0 Å². The second kappa shape index (κ2) is 10.2. The Morgan fingerprint density at radius 1 is 1.10 bits per heavy atom. The number of thioether (sulfide) groups is 1. The number of carbonyl (C=O) groups excluding carboxylic acids is 1. The molecular weight excluding hydrogens is 412 g/mol. The molecule has 8 heteroatoms. The fourth-order valence-electron chi connectivity index (χ4n) is 3.20. The van der Waals surface area contributed by atoms with Crippen molar-refractivity contribution in [3.63, 3.8) is 0 Å². The van der Waals surface area contributed by atoms with Crippen LogP contribution in [0.4, 0.5) is 5.69 Å². The number of aliphatic hydroxyl groups is 1. The Labute approximate surface area is 182 Å². The Kier molecular flexibility index (Phi) is 8.22. The molecule has 1 heterocycles. The minimum absolute atomic E-state index is 0. The van der Waals surface area contributed by atoms with Gasteiger partial charge in [-0.2, -0.15) is 0 Å². The highest BCUT2D eigenvalue weighted by Crippen LogP contribution is 2.46. The number of rotatable bonds is 6. The van der Waals surface area contributed by atoms with Crippen LogP contribution in [-0.2, 0) is 4.79 Å². The van der Waals surface area contributed by atoms with Crippen molar-refractivity contribution in [2.45, 2.75) is 16.2 Å². The minimum Gasteiger partial charge on any atom is -0.493 e. The molecule has 0 bridgehead atoms. The average molecular weight is 439 g/mol. The summed E-state index contributed by atoms with van der Waals surface area (Å²) in [5.41, 5.74) is 1.65. The molecule has 0 aromatic heterocycles. The van der Waals surface area contributed by atoms with Crippen LogP contribution in [0.15, 0.2) is 47.4 Å². The van der Waals surface area contributed by atoms with E-state index in [1.54, 1.807) is 25.2 Å². The monoisotopic (exact) mass is 438 g/mol. The molecule has 0 saturated carbocycles. The van der Waals surface area contributed by atoms with Gasteiger partial charge in [0, 0.05) is 18.0 Å². The highest BCUT2D eigenvalue weighted by molar-refractivity contribution is 7.99. The third-order valence-electron chi connectivity index (χ3n) is 4.72. The molecule has 0 spiro atoms. The number of para-hydroxylation sites is 1. The second-order valence-electron chi connectivity index (χ2n) is 6.86. The second-order valence-corrected chi connectivity index (χ2v) is 8.04. The van der Waals surface area contributed by atoms with Gasteiger partial charge < -0.3 is 24.4 Å². The van der Waals surface area contributed by atoms with Gasteiger partial charge in [0.15, 0.2) is 11.5 Å². The van der Waals surface area contributed by atoms with Gasteiger partial charge in [-0.25, -0.2) is 0 Å². The van der Waals surface area contributed by atoms with Crippen LogP contribution in [0.3, 0.4) is 0 Å². The first-order valence-corrected chi connectivity index (χ1v) is 9.96. The topological polar surface area (TPSA) is 62.2 Å². The highest BCUT2D eigenvalue weighted by Gasteiger charge is 2.37. The molecule has 2 unspecified atom stereocenters. The number of nitrogens with zero attached hydrogens (tertiary/aromatic N) is 2. The molecule has 0 aliphatic carbocycles. The van der Waals surface area contributed by atoms with E-state index < -0.39 is 11.4 Å². The Morgan fingerprint density at radius 2 is 1.79 bits per heavy atom. The zero-order chi connectivity index (χ0) is 20.3. The van der Waals surface area contributed by atoms with E-state index in [1.807, 2.05) is 55.4 Å². The summed E-state index contributed by atoms with van der Waals surface area (Å²) in [6.07, 6.45) is -1.17. The maximum atomic E-state index is 13.2. The van der Waals surface area contributed by atoms with Gasteiger partial charge in [-0.3, -0.25) is 4.79 Å². The Balaban J connectivity index is 0.00000300. The van der Waals surface area contributed by atoms with Crippen molar-refractivity contribution in [3.05, 3.63) is 48.0 Å². The third kappa shape index (κ3) is 4.98. The number of hydrogen-bond donors (Lipinski definition) is 1. The molecule has 1 amide bonds. The number of amides is 1. The average Bonchev–Trinajstić information content (AvgIpc) is 2.81. The van der Waals surface area contributed by atoms with Crippen LogP contribution in [-0.4, -0.2) is 63.4 Å². The van der Waals surface area contributed by atoms with Crippen LogP contribution in [0, 0.1) is 0 Å². The number of methoxy groups -OCH3 is 2. The van der Waals surface area contributed by atoms with E-state index in [1.165, 1.54) is 11.8 Å². The van der Waals surface area contributed by atoms with Crippen molar-refractivity contribution in [2.24, 2.45) is 0 Å². The molecule has 6 nitrogen and oxygen atoms in total. The molecule has 1 aliphatic heterocycles. The maximum Gasteiger partial charge on any atom is 0.257 e. The number of hydrogen-bond acceptors (Lipinski definition) is 6. The Bertz CT molecular complexity index is 849. The smallest absolute Gasteiger partial charge is 0.257 e. The molecule has 0 radical (unpaired) electrons. The molecule has 29 heavy (non-hydrogen) atoms. The summed E-state index contributed by atoms with van der Waals surface area (Å²) in [4.78, 5) is 17.8. The zero-order valence-corrected chi connectivity index (χ0v) is 18.6. The summed E-state index contributed by atoms with van der Waals surface area (Å²) in [6.45, 7) is 1.22. The van der Waals surface area contributed by atoms with Gasteiger partial charge in [0.1, 0.15) is 6.10 Å². The Morgan fingerprint density at radius 3 is 2.45 bits per heavy atom. The van der Waals surface area contributed by atoms with Gasteiger partial charge in [0.2, 0.25) is 0 Å². The normalized spacial score (nSPS) is 18.7. The number of ether oxygens (including phenoxy) is 2. The van der Waals surface area contributed by atoms with E-state index in [4.69, 9.17) is 9.47 Å². The largest absolute Gasteiger partial charge is 0.493 e. The van der Waals surface area contributed by atoms with Crippen LogP contribution in [0.5, 0.6) is 11.5 Å². The van der Waals surface area contributed by atoms with E-state index in [0.29, 0.717) is 24.6 Å². The first-order valence-electron chi connectivity index (χ1n) is 9.08. The molecule has 0 fully saturated rings. The van der Waals surface area contributed by atoms with Crippen molar-refractivity contribution in [3.8, 4) is 11.5 Å². The Hall–Kier alpha value is -1.93. The predicted molar refractivity (Wildman–Crippen MR) is 119 cm³/mol. The van der Waals surface area contributed by atoms with E-state index >= 15 is 0 Å². The van der Waals surface area contributed by atoms with Crippen LogP contribution >= 0.6 is 24.2 Å². The minimum atomic E-state index is -1.17. The first-order chi connectivity index (χ1) is 13.5. The number of anilines is 1. The van der Waals surface area contributed by atoms with Gasteiger partial charge >= 0.3 is 0 Å². The number of aliphatic hydroxyl groups excluding tert-OH is 1. The van der Waals surface area contributed by atoms with E-state index in [2.05, 4.69) is 0 Å². The molecule has 2 aromatic carbocycles. The lowest BCUT2D eigenvalue weighted by Crippen LogP contribution is -2.43. The number of fused-ring (bicyclic) bond motifs is 1. The summed E-state index contributed by atoms with van der Waals surface area (Å²) in [5.74, 6) is 0.889. The fraction of sp³-hybridized carbons (Fsp3) is 0.381. The maximum absolute atomic E-state index is 13.2. The van der Waals surface area contributed by atoms with E-state index in [-0.39, 0.29) is 18.3 Å². The number of likely N-dealkylation sites (N-methyl/N-ethyl adjacent to an activating group) is 1. The number of benzene rings is 2. The molecule has 3 rings (SSSR count). The summed E-state index contributed by atoms with van der Waals surface area (Å²) in [7, 11) is 7.08. The quantitative estimate of drug-likeness (QED) is 0.747. The standard InChI is InChI=1S/C21H26N2O4S.ClH/c1-22(2)11-12-23-15-7-5-6-8-18(15)28-20(19(24)21(23)25)14-9-10-16(26-3)17(13-14)27-4;/h5-10,13,19-20,24H,11-12H2,1-4H3;1H. The van der Waals surface area contributed by atoms with Crippen molar-refractivity contribution in [1.82, 2.24) is 4.90 Å². The van der Waals surface area contributed by atoms with Crippen LogP contribution in [0.1, 0.15) is 10.8 Å². The molecule has 2 atom stereocenters. The van der Waals surface area contributed by atoms with Crippen LogP contribution < -0.4 is 14.4 Å². The highest BCUT2D eigenvalue weighted by atomic mass is 35.5. The number of carbonyl (C=O) groups is 1. The summed E-state index contributed by atoms with van der Waals surface area (Å²) in [5, 5.41) is 10.5.